The Labute approximate surface area is 181 Å². The van der Waals surface area contributed by atoms with Crippen LogP contribution in [0.3, 0.4) is 0 Å². The summed E-state index contributed by atoms with van der Waals surface area (Å²) >= 11 is 0. The number of aromatic nitrogens is 3. The number of nitrogens with one attached hydrogen (secondary N) is 3. The summed E-state index contributed by atoms with van der Waals surface area (Å²) in [7, 11) is 1.54. The van der Waals surface area contributed by atoms with Gasteiger partial charge in [0.25, 0.3) is 5.91 Å². The molecule has 162 valence electrons. The number of ether oxygens (including phenoxy) is 1. The van der Waals surface area contributed by atoms with Gasteiger partial charge in [-0.2, -0.15) is 0 Å². The van der Waals surface area contributed by atoms with Crippen LogP contribution in [-0.4, -0.2) is 45.6 Å². The highest BCUT2D eigenvalue weighted by molar-refractivity contribution is 6.12. The van der Waals surface area contributed by atoms with Crippen LogP contribution in [0.15, 0.2) is 64.3 Å². The number of fused-ring (bicyclic) bond motifs is 2. The smallest absolute Gasteiger partial charge is 0.258 e. The van der Waals surface area contributed by atoms with Gasteiger partial charge in [0.15, 0.2) is 11.6 Å². The van der Waals surface area contributed by atoms with Crippen molar-refractivity contribution in [3.05, 3.63) is 83.0 Å². The molecule has 2 aliphatic rings. The highest BCUT2D eigenvalue weighted by Gasteiger charge is 2.38. The van der Waals surface area contributed by atoms with Crippen molar-refractivity contribution < 1.29 is 18.3 Å². The molecule has 10 heteroatoms. The zero-order valence-electron chi connectivity index (χ0n) is 17.1. The van der Waals surface area contributed by atoms with Crippen LogP contribution in [0.5, 0.6) is 0 Å². The van der Waals surface area contributed by atoms with E-state index in [4.69, 9.17) is 14.6 Å². The van der Waals surface area contributed by atoms with Crippen molar-refractivity contribution in [2.75, 3.05) is 13.7 Å². The van der Waals surface area contributed by atoms with E-state index in [-0.39, 0.29) is 17.4 Å². The number of hydrogen-bond donors (Lipinski definition) is 3. The molecule has 0 unspecified atom stereocenters. The maximum absolute atomic E-state index is 13.7. The number of hydrogen-bond acceptors (Lipinski definition) is 7. The van der Waals surface area contributed by atoms with Crippen molar-refractivity contribution in [2.45, 2.75) is 12.5 Å². The topological polar surface area (TPSA) is 120 Å². The zero-order valence-corrected chi connectivity index (χ0v) is 17.1. The normalized spacial score (nSPS) is 19.2. The van der Waals surface area contributed by atoms with Crippen molar-refractivity contribution in [2.24, 2.45) is 0 Å². The van der Waals surface area contributed by atoms with Crippen LogP contribution >= 0.6 is 0 Å². The van der Waals surface area contributed by atoms with Crippen LogP contribution in [0.25, 0.3) is 11.1 Å². The largest absolute Gasteiger partial charge is 0.495 e. The van der Waals surface area contributed by atoms with Gasteiger partial charge in [-0.15, -0.1) is 0 Å². The monoisotopic (exact) mass is 434 g/mol. The molecule has 4 heterocycles. The van der Waals surface area contributed by atoms with Gasteiger partial charge in [0.05, 0.1) is 30.4 Å². The number of halogens is 1. The second kappa shape index (κ2) is 7.80. The Hall–Kier alpha value is -4.21. The quantitative estimate of drug-likeness (QED) is 0.429. The number of carbonyl (C=O) groups excluding carboxylic acids is 1. The Bertz CT molecular complexity index is 1320. The molecule has 3 aromatic rings. The second-order valence-electron chi connectivity index (χ2n) is 7.28. The van der Waals surface area contributed by atoms with Gasteiger partial charge in [-0.05, 0) is 24.3 Å². The van der Waals surface area contributed by atoms with E-state index < -0.39 is 11.9 Å². The molecule has 0 spiro atoms. The lowest BCUT2D eigenvalue weighted by Crippen LogP contribution is -2.42. The second-order valence-corrected chi connectivity index (χ2v) is 7.28. The molecule has 0 radical (unpaired) electrons. The Balaban J connectivity index is 1.57. The number of H-pyrrole nitrogens is 1. The minimum atomic E-state index is -0.721. The molecule has 5 rings (SSSR count). The number of carbonyl (C=O) groups is 1. The summed E-state index contributed by atoms with van der Waals surface area (Å²) in [5.41, 5.74) is 2.89. The summed E-state index contributed by atoms with van der Waals surface area (Å²) in [6.45, 7) is 0.360. The maximum atomic E-state index is 13.7. The van der Waals surface area contributed by atoms with Crippen LogP contribution < -0.4 is 5.32 Å². The summed E-state index contributed by atoms with van der Waals surface area (Å²) in [5.74, 6) is 0.0219. The van der Waals surface area contributed by atoms with Crippen LogP contribution in [0, 0.1) is 11.2 Å². The minimum absolute atomic E-state index is 0.166. The van der Waals surface area contributed by atoms with Crippen molar-refractivity contribution >= 4 is 23.2 Å². The number of methoxy groups -OCH3 is 1. The average Bonchev–Trinajstić information content (AvgIpc) is 3.45. The van der Waals surface area contributed by atoms with Gasteiger partial charge in [-0.3, -0.25) is 4.79 Å². The SMILES string of the molecule is COC1=CN/C(=C(\C=N)C(=O)N2CCc3[nH]cnc3[C@H]2c2nc3cc(F)ccc3o2)C=C1. The number of dihydropyridines is 1. The highest BCUT2D eigenvalue weighted by Crippen LogP contribution is 2.35. The fourth-order valence-corrected chi connectivity index (χ4v) is 3.90. The van der Waals surface area contributed by atoms with Crippen molar-refractivity contribution in [3.63, 3.8) is 0 Å². The van der Waals surface area contributed by atoms with E-state index in [1.54, 1.807) is 36.7 Å². The Morgan fingerprint density at radius 1 is 1.41 bits per heavy atom. The number of amides is 1. The van der Waals surface area contributed by atoms with E-state index in [0.717, 1.165) is 11.9 Å². The standard InChI is InChI=1S/C22H19FN6O3/c1-31-13-3-4-15(25-10-13)14(9-24)22(30)29-7-6-16-19(27-11-26-16)20(29)21-28-17-8-12(23)2-5-18(17)32-21/h2-5,8-11,20,24-25H,6-7H2,1H3,(H,26,27)/b15-14+,24-9?/t20-/m0/s1. The number of nitrogens with zero attached hydrogens (tertiary/aromatic N) is 3. The molecule has 0 bridgehead atoms. The Kier molecular flexibility index (Phi) is 4.81. The third-order valence-corrected chi connectivity index (χ3v) is 5.47. The van der Waals surface area contributed by atoms with Gasteiger partial charge in [0, 0.05) is 37.1 Å². The van der Waals surface area contributed by atoms with Gasteiger partial charge < -0.3 is 29.8 Å². The fraction of sp³-hybridized carbons (Fsp3) is 0.182. The number of rotatable bonds is 4. The fourth-order valence-electron chi connectivity index (χ4n) is 3.90. The molecule has 2 aromatic heterocycles. The maximum Gasteiger partial charge on any atom is 0.258 e. The minimum Gasteiger partial charge on any atom is -0.495 e. The molecule has 1 atom stereocenters. The molecule has 1 aromatic carbocycles. The molecular weight excluding hydrogens is 415 g/mol. The number of allylic oxidation sites excluding steroid dienone is 2. The van der Waals surface area contributed by atoms with Crippen LogP contribution in [0.4, 0.5) is 4.39 Å². The van der Waals surface area contributed by atoms with Crippen LogP contribution in [0.1, 0.15) is 23.3 Å². The number of imidazole rings is 1. The summed E-state index contributed by atoms with van der Waals surface area (Å²) in [6.07, 6.45) is 8.13. The van der Waals surface area contributed by atoms with E-state index in [2.05, 4.69) is 20.3 Å². The molecule has 0 saturated carbocycles. The molecule has 0 saturated heterocycles. The third kappa shape index (κ3) is 3.25. The molecule has 2 aliphatic heterocycles. The molecule has 32 heavy (non-hydrogen) atoms. The van der Waals surface area contributed by atoms with Crippen LogP contribution in [0.2, 0.25) is 0 Å². The number of aromatic amines is 1. The van der Waals surface area contributed by atoms with Crippen LogP contribution in [-0.2, 0) is 16.0 Å². The predicted molar refractivity (Wildman–Crippen MR) is 113 cm³/mol. The predicted octanol–water partition coefficient (Wildman–Crippen LogP) is 2.71. The molecule has 1 amide bonds. The van der Waals surface area contributed by atoms with E-state index in [1.165, 1.54) is 18.2 Å². The Morgan fingerprint density at radius 2 is 2.28 bits per heavy atom. The first-order valence-electron chi connectivity index (χ1n) is 9.91. The first kappa shape index (κ1) is 19.7. The first-order chi connectivity index (χ1) is 15.6. The molecule has 0 aliphatic carbocycles. The van der Waals surface area contributed by atoms with Gasteiger partial charge >= 0.3 is 0 Å². The first-order valence-corrected chi connectivity index (χ1v) is 9.91. The van der Waals surface area contributed by atoms with Crippen molar-refractivity contribution in [3.8, 4) is 0 Å². The number of oxazole rings is 1. The Morgan fingerprint density at radius 3 is 3.03 bits per heavy atom. The van der Waals surface area contributed by atoms with Gasteiger partial charge in [0.2, 0.25) is 5.89 Å². The summed E-state index contributed by atoms with van der Waals surface area (Å²) in [5, 5.41) is 10.9. The average molecular weight is 434 g/mol. The lowest BCUT2D eigenvalue weighted by molar-refractivity contribution is -0.129. The summed E-state index contributed by atoms with van der Waals surface area (Å²) < 4.78 is 24.7. The van der Waals surface area contributed by atoms with E-state index in [0.29, 0.717) is 41.2 Å². The number of benzene rings is 1. The van der Waals surface area contributed by atoms with Gasteiger partial charge in [0.1, 0.15) is 17.1 Å². The molecule has 3 N–H and O–H groups in total. The van der Waals surface area contributed by atoms with Gasteiger partial charge in [-0.25, -0.2) is 14.4 Å². The zero-order chi connectivity index (χ0) is 22.2. The lowest BCUT2D eigenvalue weighted by atomic mass is 10.0. The van der Waals surface area contributed by atoms with E-state index in [1.807, 2.05) is 0 Å². The van der Waals surface area contributed by atoms with Gasteiger partial charge in [-0.1, -0.05) is 0 Å². The summed E-state index contributed by atoms with van der Waals surface area (Å²) in [4.78, 5) is 27.1. The summed E-state index contributed by atoms with van der Waals surface area (Å²) in [6, 6.07) is 3.36. The molecule has 9 nitrogen and oxygen atoms in total. The lowest BCUT2D eigenvalue weighted by Gasteiger charge is -2.33. The molecule has 0 fully saturated rings. The highest BCUT2D eigenvalue weighted by atomic mass is 19.1. The molecular formula is C22H19FN6O3. The van der Waals surface area contributed by atoms with E-state index in [9.17, 15) is 9.18 Å². The van der Waals surface area contributed by atoms with Crippen molar-refractivity contribution in [1.29, 1.82) is 5.41 Å². The third-order valence-electron chi connectivity index (χ3n) is 5.47. The van der Waals surface area contributed by atoms with E-state index >= 15 is 0 Å². The van der Waals surface area contributed by atoms with Crippen molar-refractivity contribution in [1.82, 2.24) is 25.2 Å².